The SMILES string of the molecule is CC.N#CC1CCC2CC(C3CCCCC3)CCC2C1. The fraction of sp³-hybridized carbons (Fsp3) is 0.947. The molecule has 3 aliphatic rings. The second-order valence-corrected chi connectivity index (χ2v) is 7.13. The summed E-state index contributed by atoms with van der Waals surface area (Å²) in [6.45, 7) is 4.00. The molecule has 3 saturated carbocycles. The molecule has 114 valence electrons. The summed E-state index contributed by atoms with van der Waals surface area (Å²) >= 11 is 0. The first-order valence-electron chi connectivity index (χ1n) is 9.26. The predicted molar refractivity (Wildman–Crippen MR) is 85.2 cm³/mol. The Morgan fingerprint density at radius 1 is 0.650 bits per heavy atom. The van der Waals surface area contributed by atoms with E-state index in [0.29, 0.717) is 5.92 Å². The van der Waals surface area contributed by atoms with Crippen molar-refractivity contribution in [2.45, 2.75) is 84.5 Å². The first kappa shape index (κ1) is 15.9. The summed E-state index contributed by atoms with van der Waals surface area (Å²) < 4.78 is 0. The maximum absolute atomic E-state index is 9.09. The van der Waals surface area contributed by atoms with Gasteiger partial charge in [-0.25, -0.2) is 0 Å². The van der Waals surface area contributed by atoms with Gasteiger partial charge in [0.15, 0.2) is 0 Å². The summed E-state index contributed by atoms with van der Waals surface area (Å²) in [7, 11) is 0. The van der Waals surface area contributed by atoms with Crippen molar-refractivity contribution in [2.24, 2.45) is 29.6 Å². The Bertz CT molecular complexity index is 310. The normalized spacial score (nSPS) is 38.0. The van der Waals surface area contributed by atoms with E-state index in [4.69, 9.17) is 5.26 Å². The Labute approximate surface area is 126 Å². The van der Waals surface area contributed by atoms with Crippen LogP contribution in [-0.4, -0.2) is 0 Å². The molecule has 0 radical (unpaired) electrons. The molecule has 3 aliphatic carbocycles. The van der Waals surface area contributed by atoms with Gasteiger partial charge in [0.05, 0.1) is 6.07 Å². The van der Waals surface area contributed by atoms with Crippen LogP contribution in [0, 0.1) is 40.9 Å². The molecule has 0 heterocycles. The number of nitrogens with zero attached hydrogens (tertiary/aromatic N) is 1. The molecule has 0 aromatic heterocycles. The third kappa shape index (κ3) is 3.78. The lowest BCUT2D eigenvalue weighted by Crippen LogP contribution is -2.33. The topological polar surface area (TPSA) is 23.8 Å². The first-order valence-corrected chi connectivity index (χ1v) is 9.26. The molecule has 4 atom stereocenters. The Kier molecular flexibility index (Phi) is 6.40. The van der Waals surface area contributed by atoms with Gasteiger partial charge in [-0.05, 0) is 62.2 Å². The molecular weight excluding hydrogens is 242 g/mol. The van der Waals surface area contributed by atoms with Crippen LogP contribution in [0.4, 0.5) is 0 Å². The standard InChI is InChI=1S/C17H27N.C2H6/c18-12-13-6-7-17-11-16(9-8-15(17)10-13)14-4-2-1-3-5-14;1-2/h13-17H,1-11H2;1-2H3. The van der Waals surface area contributed by atoms with Crippen LogP contribution in [0.15, 0.2) is 0 Å². The molecule has 0 aromatic rings. The van der Waals surface area contributed by atoms with Crippen molar-refractivity contribution >= 4 is 0 Å². The molecule has 0 amide bonds. The van der Waals surface area contributed by atoms with Gasteiger partial charge in [-0.2, -0.15) is 5.26 Å². The van der Waals surface area contributed by atoms with Crippen molar-refractivity contribution in [3.8, 4) is 6.07 Å². The Morgan fingerprint density at radius 2 is 1.20 bits per heavy atom. The summed E-state index contributed by atoms with van der Waals surface area (Å²) in [4.78, 5) is 0. The van der Waals surface area contributed by atoms with E-state index in [2.05, 4.69) is 6.07 Å². The molecular formula is C19H33N. The third-order valence-corrected chi connectivity index (χ3v) is 6.15. The largest absolute Gasteiger partial charge is 0.198 e. The van der Waals surface area contributed by atoms with Gasteiger partial charge in [-0.15, -0.1) is 0 Å². The van der Waals surface area contributed by atoms with Crippen molar-refractivity contribution in [1.29, 1.82) is 5.26 Å². The van der Waals surface area contributed by atoms with Gasteiger partial charge < -0.3 is 0 Å². The van der Waals surface area contributed by atoms with Gasteiger partial charge in [0.1, 0.15) is 0 Å². The maximum atomic E-state index is 9.09. The highest BCUT2D eigenvalue weighted by Crippen LogP contribution is 2.48. The fourth-order valence-electron chi connectivity index (χ4n) is 5.08. The molecule has 1 heteroatoms. The minimum absolute atomic E-state index is 0.387. The van der Waals surface area contributed by atoms with Crippen LogP contribution in [0.5, 0.6) is 0 Å². The number of hydrogen-bond donors (Lipinski definition) is 0. The van der Waals surface area contributed by atoms with Crippen LogP contribution >= 0.6 is 0 Å². The van der Waals surface area contributed by atoms with Crippen molar-refractivity contribution in [2.75, 3.05) is 0 Å². The minimum atomic E-state index is 0.387. The van der Waals surface area contributed by atoms with Crippen molar-refractivity contribution in [1.82, 2.24) is 0 Å². The molecule has 0 spiro atoms. The highest BCUT2D eigenvalue weighted by atomic mass is 14.4. The van der Waals surface area contributed by atoms with Crippen LogP contribution in [0.25, 0.3) is 0 Å². The Hall–Kier alpha value is -0.510. The molecule has 20 heavy (non-hydrogen) atoms. The summed E-state index contributed by atoms with van der Waals surface area (Å²) in [5.74, 6) is 4.38. The van der Waals surface area contributed by atoms with Crippen LogP contribution in [0.2, 0.25) is 0 Å². The second kappa shape index (κ2) is 8.06. The molecule has 0 aliphatic heterocycles. The monoisotopic (exact) mass is 275 g/mol. The summed E-state index contributed by atoms with van der Waals surface area (Å²) in [5.41, 5.74) is 0. The Morgan fingerprint density at radius 3 is 1.85 bits per heavy atom. The van der Waals surface area contributed by atoms with Crippen molar-refractivity contribution in [3.63, 3.8) is 0 Å². The van der Waals surface area contributed by atoms with Crippen molar-refractivity contribution < 1.29 is 0 Å². The van der Waals surface area contributed by atoms with E-state index in [1.54, 1.807) is 0 Å². The number of rotatable bonds is 1. The number of nitriles is 1. The minimum Gasteiger partial charge on any atom is -0.198 e. The predicted octanol–water partition coefficient (Wildman–Crippen LogP) is 5.95. The average Bonchev–Trinajstić information content (AvgIpc) is 2.56. The van der Waals surface area contributed by atoms with E-state index >= 15 is 0 Å². The van der Waals surface area contributed by atoms with Crippen LogP contribution < -0.4 is 0 Å². The molecule has 3 rings (SSSR count). The zero-order valence-electron chi connectivity index (χ0n) is 13.6. The molecule has 1 nitrogen and oxygen atoms in total. The quantitative estimate of drug-likeness (QED) is 0.580. The van der Waals surface area contributed by atoms with E-state index in [1.165, 1.54) is 70.6 Å². The van der Waals surface area contributed by atoms with Gasteiger partial charge in [0.2, 0.25) is 0 Å². The summed E-state index contributed by atoms with van der Waals surface area (Å²) in [6.07, 6.45) is 15.7. The van der Waals surface area contributed by atoms with E-state index in [-0.39, 0.29) is 0 Å². The lowest BCUT2D eigenvalue weighted by Gasteiger charge is -2.43. The lowest BCUT2D eigenvalue weighted by molar-refractivity contribution is 0.0751. The Balaban J connectivity index is 0.000000704. The van der Waals surface area contributed by atoms with Crippen LogP contribution in [0.3, 0.4) is 0 Å². The smallest absolute Gasteiger partial charge is 0.0655 e. The van der Waals surface area contributed by atoms with Gasteiger partial charge >= 0.3 is 0 Å². The van der Waals surface area contributed by atoms with Gasteiger partial charge in [-0.3, -0.25) is 0 Å². The maximum Gasteiger partial charge on any atom is 0.0655 e. The van der Waals surface area contributed by atoms with E-state index in [1.807, 2.05) is 13.8 Å². The molecule has 4 unspecified atom stereocenters. The first-order chi connectivity index (χ1) is 9.86. The highest BCUT2D eigenvalue weighted by Gasteiger charge is 2.37. The molecule has 0 bridgehead atoms. The summed E-state index contributed by atoms with van der Waals surface area (Å²) in [5, 5.41) is 9.09. The second-order valence-electron chi connectivity index (χ2n) is 7.13. The number of hydrogen-bond acceptors (Lipinski definition) is 1. The van der Waals surface area contributed by atoms with Crippen LogP contribution in [0.1, 0.15) is 84.5 Å². The molecule has 0 saturated heterocycles. The number of fused-ring (bicyclic) bond motifs is 1. The highest BCUT2D eigenvalue weighted by molar-refractivity contribution is 4.94. The fourth-order valence-corrected chi connectivity index (χ4v) is 5.08. The van der Waals surface area contributed by atoms with Gasteiger partial charge in [-0.1, -0.05) is 46.0 Å². The average molecular weight is 275 g/mol. The van der Waals surface area contributed by atoms with Crippen molar-refractivity contribution in [3.05, 3.63) is 0 Å². The molecule has 3 fully saturated rings. The molecule has 0 N–H and O–H groups in total. The lowest BCUT2D eigenvalue weighted by atomic mass is 9.61. The van der Waals surface area contributed by atoms with E-state index in [9.17, 15) is 0 Å². The van der Waals surface area contributed by atoms with Crippen LogP contribution in [-0.2, 0) is 0 Å². The van der Waals surface area contributed by atoms with Gasteiger partial charge in [0, 0.05) is 5.92 Å². The molecule has 0 aromatic carbocycles. The van der Waals surface area contributed by atoms with E-state index in [0.717, 1.165) is 23.7 Å². The summed E-state index contributed by atoms with van der Waals surface area (Å²) in [6, 6.07) is 2.51. The van der Waals surface area contributed by atoms with E-state index < -0.39 is 0 Å². The third-order valence-electron chi connectivity index (χ3n) is 6.15. The van der Waals surface area contributed by atoms with Gasteiger partial charge in [0.25, 0.3) is 0 Å². The zero-order valence-corrected chi connectivity index (χ0v) is 13.6. The zero-order chi connectivity index (χ0) is 14.4.